The van der Waals surface area contributed by atoms with Crippen molar-refractivity contribution in [1.29, 1.82) is 0 Å². The van der Waals surface area contributed by atoms with E-state index in [1.807, 2.05) is 30.3 Å². The number of hydrogen-bond acceptors (Lipinski definition) is 6. The zero-order valence-electron chi connectivity index (χ0n) is 15.4. The molecule has 28 heavy (non-hydrogen) atoms. The minimum absolute atomic E-state index is 0.489. The molecule has 4 aromatic rings. The number of hydrogen-bond donors (Lipinski definition) is 2. The van der Waals surface area contributed by atoms with E-state index in [9.17, 15) is 5.11 Å². The van der Waals surface area contributed by atoms with Gasteiger partial charge in [0.05, 0.1) is 17.5 Å². The SMILES string of the molecule is COC1([C@H](O)c2cnc3c(cnn3-c3cccc(-c4ncn[nH]4)c3)c2)CCC1. The number of aromatic amines is 1. The minimum atomic E-state index is -0.693. The number of pyridine rings is 1. The number of fused-ring (bicyclic) bond motifs is 1. The summed E-state index contributed by atoms with van der Waals surface area (Å²) in [6.45, 7) is 0. The number of aromatic nitrogens is 6. The molecule has 1 aliphatic carbocycles. The second-order valence-corrected chi connectivity index (χ2v) is 7.15. The van der Waals surface area contributed by atoms with Crippen LogP contribution >= 0.6 is 0 Å². The summed E-state index contributed by atoms with van der Waals surface area (Å²) in [6, 6.07) is 9.78. The standard InChI is InChI=1S/C20H20N6O2/c1-28-20(6-3-7-20)17(27)14-8-15-11-24-26(19(15)21-10-14)16-5-2-4-13(9-16)18-22-12-23-25-18/h2,4-5,8-12,17,27H,3,6-7H2,1H3,(H,22,23,25)/t17-/m1/s1. The summed E-state index contributed by atoms with van der Waals surface area (Å²) >= 11 is 0. The molecule has 2 N–H and O–H groups in total. The van der Waals surface area contributed by atoms with Gasteiger partial charge in [0.1, 0.15) is 12.4 Å². The number of aliphatic hydroxyl groups is 1. The van der Waals surface area contributed by atoms with Crippen LogP contribution in [-0.4, -0.2) is 47.8 Å². The summed E-state index contributed by atoms with van der Waals surface area (Å²) in [6.07, 6.45) is 7.05. The Morgan fingerprint density at radius 1 is 1.21 bits per heavy atom. The molecule has 1 atom stereocenters. The van der Waals surface area contributed by atoms with Crippen LogP contribution in [0.25, 0.3) is 28.1 Å². The number of methoxy groups -OCH3 is 1. The quantitative estimate of drug-likeness (QED) is 0.555. The lowest BCUT2D eigenvalue weighted by Gasteiger charge is -2.44. The van der Waals surface area contributed by atoms with Gasteiger partial charge in [-0.3, -0.25) is 5.10 Å². The first-order valence-corrected chi connectivity index (χ1v) is 9.23. The van der Waals surface area contributed by atoms with Crippen LogP contribution in [0.15, 0.2) is 49.1 Å². The number of benzene rings is 1. The highest BCUT2D eigenvalue weighted by molar-refractivity contribution is 5.77. The van der Waals surface area contributed by atoms with Gasteiger partial charge in [0.2, 0.25) is 0 Å². The molecule has 1 aliphatic rings. The van der Waals surface area contributed by atoms with Crippen LogP contribution in [0.1, 0.15) is 30.9 Å². The maximum atomic E-state index is 10.8. The molecule has 1 saturated carbocycles. The van der Waals surface area contributed by atoms with Gasteiger partial charge in [-0.1, -0.05) is 12.1 Å². The summed E-state index contributed by atoms with van der Waals surface area (Å²) < 4.78 is 7.39. The van der Waals surface area contributed by atoms with E-state index < -0.39 is 11.7 Å². The lowest BCUT2D eigenvalue weighted by molar-refractivity contribution is -0.151. The zero-order chi connectivity index (χ0) is 19.1. The number of ether oxygens (including phenoxy) is 1. The number of aliphatic hydroxyl groups excluding tert-OH is 1. The van der Waals surface area contributed by atoms with Gasteiger partial charge in [-0.2, -0.15) is 10.2 Å². The van der Waals surface area contributed by atoms with Crippen LogP contribution in [-0.2, 0) is 4.74 Å². The van der Waals surface area contributed by atoms with Crippen LogP contribution in [0.2, 0.25) is 0 Å². The normalized spacial score (nSPS) is 16.8. The van der Waals surface area contributed by atoms with Crippen molar-refractivity contribution in [2.45, 2.75) is 31.0 Å². The van der Waals surface area contributed by atoms with Crippen LogP contribution in [0.4, 0.5) is 0 Å². The van der Waals surface area contributed by atoms with Gasteiger partial charge in [-0.25, -0.2) is 14.6 Å². The van der Waals surface area contributed by atoms with E-state index in [1.165, 1.54) is 6.33 Å². The average molecular weight is 376 g/mol. The van der Waals surface area contributed by atoms with E-state index >= 15 is 0 Å². The molecule has 5 rings (SSSR count). The van der Waals surface area contributed by atoms with E-state index in [0.717, 1.165) is 47.1 Å². The summed E-state index contributed by atoms with van der Waals surface area (Å²) in [7, 11) is 1.66. The van der Waals surface area contributed by atoms with Gasteiger partial charge < -0.3 is 9.84 Å². The Kier molecular flexibility index (Phi) is 3.96. The number of nitrogens with zero attached hydrogens (tertiary/aromatic N) is 5. The van der Waals surface area contributed by atoms with Crippen molar-refractivity contribution < 1.29 is 9.84 Å². The number of nitrogens with one attached hydrogen (secondary N) is 1. The van der Waals surface area contributed by atoms with Crippen molar-refractivity contribution >= 4 is 11.0 Å². The second-order valence-electron chi connectivity index (χ2n) is 7.15. The van der Waals surface area contributed by atoms with Crippen LogP contribution < -0.4 is 0 Å². The largest absolute Gasteiger partial charge is 0.385 e. The van der Waals surface area contributed by atoms with E-state index in [-0.39, 0.29) is 0 Å². The Morgan fingerprint density at radius 2 is 2.11 bits per heavy atom. The second kappa shape index (κ2) is 6.50. The highest BCUT2D eigenvalue weighted by atomic mass is 16.5. The molecular weight excluding hydrogens is 356 g/mol. The molecule has 3 heterocycles. The van der Waals surface area contributed by atoms with Gasteiger partial charge in [0.15, 0.2) is 11.5 Å². The van der Waals surface area contributed by atoms with Crippen LogP contribution in [0.3, 0.4) is 0 Å². The third-order valence-electron chi connectivity index (χ3n) is 5.63. The zero-order valence-corrected chi connectivity index (χ0v) is 15.4. The molecule has 0 amide bonds. The Morgan fingerprint density at radius 3 is 2.82 bits per heavy atom. The third kappa shape index (κ3) is 2.61. The monoisotopic (exact) mass is 376 g/mol. The molecule has 0 bridgehead atoms. The molecule has 0 radical (unpaired) electrons. The lowest BCUT2D eigenvalue weighted by Crippen LogP contribution is -2.45. The van der Waals surface area contributed by atoms with Crippen molar-refractivity contribution in [1.82, 2.24) is 29.9 Å². The third-order valence-corrected chi connectivity index (χ3v) is 5.63. The summed E-state index contributed by atoms with van der Waals surface area (Å²) in [5.74, 6) is 0.696. The van der Waals surface area contributed by atoms with Gasteiger partial charge >= 0.3 is 0 Å². The fourth-order valence-corrected chi connectivity index (χ4v) is 3.82. The fourth-order valence-electron chi connectivity index (χ4n) is 3.82. The first kappa shape index (κ1) is 17.0. The van der Waals surface area contributed by atoms with E-state index in [4.69, 9.17) is 4.74 Å². The van der Waals surface area contributed by atoms with Gasteiger partial charge in [-0.05, 0) is 37.5 Å². The molecule has 0 spiro atoms. The molecule has 8 nitrogen and oxygen atoms in total. The molecule has 142 valence electrons. The topological polar surface area (TPSA) is 102 Å². The molecule has 0 aliphatic heterocycles. The van der Waals surface area contributed by atoms with Crippen molar-refractivity contribution in [3.8, 4) is 17.1 Å². The average Bonchev–Trinajstić information content (AvgIpc) is 3.37. The first-order chi connectivity index (χ1) is 13.7. The van der Waals surface area contributed by atoms with Crippen molar-refractivity contribution in [2.75, 3.05) is 7.11 Å². The predicted molar refractivity (Wildman–Crippen MR) is 103 cm³/mol. The van der Waals surface area contributed by atoms with Crippen molar-refractivity contribution in [3.63, 3.8) is 0 Å². The van der Waals surface area contributed by atoms with Crippen LogP contribution in [0, 0.1) is 0 Å². The summed E-state index contributed by atoms with van der Waals surface area (Å²) in [5, 5.41) is 22.9. The van der Waals surface area contributed by atoms with E-state index in [1.54, 1.807) is 24.2 Å². The summed E-state index contributed by atoms with van der Waals surface area (Å²) in [5.41, 5.74) is 2.78. The molecule has 0 unspecified atom stereocenters. The molecular formula is C20H20N6O2. The van der Waals surface area contributed by atoms with E-state index in [2.05, 4.69) is 25.3 Å². The molecule has 8 heteroatoms. The Hall–Kier alpha value is -3.10. The minimum Gasteiger partial charge on any atom is -0.385 e. The van der Waals surface area contributed by atoms with Crippen molar-refractivity contribution in [3.05, 3.63) is 54.6 Å². The fraction of sp³-hybridized carbons (Fsp3) is 0.300. The van der Waals surface area contributed by atoms with Gasteiger partial charge in [0.25, 0.3) is 0 Å². The van der Waals surface area contributed by atoms with Gasteiger partial charge in [0, 0.05) is 29.8 Å². The highest BCUT2D eigenvalue weighted by Crippen LogP contribution is 2.45. The highest BCUT2D eigenvalue weighted by Gasteiger charge is 2.44. The maximum absolute atomic E-state index is 10.8. The maximum Gasteiger partial charge on any atom is 0.162 e. The van der Waals surface area contributed by atoms with Crippen LogP contribution in [0.5, 0.6) is 0 Å². The lowest BCUT2D eigenvalue weighted by atomic mass is 9.74. The summed E-state index contributed by atoms with van der Waals surface area (Å²) in [4.78, 5) is 8.78. The number of H-pyrrole nitrogens is 1. The van der Waals surface area contributed by atoms with Crippen molar-refractivity contribution in [2.24, 2.45) is 0 Å². The molecule has 3 aromatic heterocycles. The first-order valence-electron chi connectivity index (χ1n) is 9.23. The number of rotatable bonds is 5. The molecule has 1 aromatic carbocycles. The molecule has 1 fully saturated rings. The smallest absolute Gasteiger partial charge is 0.162 e. The Balaban J connectivity index is 1.52. The molecule has 0 saturated heterocycles. The van der Waals surface area contributed by atoms with E-state index in [0.29, 0.717) is 5.82 Å². The predicted octanol–water partition coefficient (Wildman–Crippen LogP) is 2.81. The van der Waals surface area contributed by atoms with Gasteiger partial charge in [-0.15, -0.1) is 0 Å². The Bertz CT molecular complexity index is 1110. The Labute approximate surface area is 161 Å².